The van der Waals surface area contributed by atoms with Crippen LogP contribution in [0.25, 0.3) is 0 Å². The third-order valence-electron chi connectivity index (χ3n) is 11.7. The van der Waals surface area contributed by atoms with Gasteiger partial charge in [-0.15, -0.1) is 0 Å². The molecule has 4 aliphatic carbocycles. The summed E-state index contributed by atoms with van der Waals surface area (Å²) in [5, 5.41) is 1.14. The number of allylic oxidation sites excluding steroid dienone is 1. The van der Waals surface area contributed by atoms with Gasteiger partial charge in [0, 0.05) is 11.8 Å². The Morgan fingerprint density at radius 3 is 2.57 bits per heavy atom. The topological polar surface area (TPSA) is 26.3 Å². The lowest BCUT2D eigenvalue weighted by Crippen LogP contribution is -2.51. The van der Waals surface area contributed by atoms with Crippen LogP contribution in [0.15, 0.2) is 42.0 Å². The second-order valence-electron chi connectivity index (χ2n) is 13.8. The number of ether oxygens (including phenoxy) is 1. The van der Waals surface area contributed by atoms with Crippen molar-refractivity contribution in [1.82, 2.24) is 0 Å². The summed E-state index contributed by atoms with van der Waals surface area (Å²) in [6.07, 6.45) is 16.9. The molecule has 0 heterocycles. The number of esters is 1. The molecule has 0 N–H and O–H groups in total. The first-order valence-electron chi connectivity index (χ1n) is 15.3. The monoisotopic (exact) mass is 568 g/mol. The van der Waals surface area contributed by atoms with Gasteiger partial charge in [-0.2, -0.15) is 0 Å². The average Bonchev–Trinajstić information content (AvgIpc) is 3.26. The fourth-order valence-corrected chi connectivity index (χ4v) is 9.89. The summed E-state index contributed by atoms with van der Waals surface area (Å²) >= 11 is 3.66. The minimum Gasteiger partial charge on any atom is -0.458 e. The highest BCUT2D eigenvalue weighted by Crippen LogP contribution is 2.67. The number of halogens is 1. The smallest absolute Gasteiger partial charge is 0.338 e. The van der Waals surface area contributed by atoms with Crippen molar-refractivity contribution in [2.75, 3.05) is 5.33 Å². The van der Waals surface area contributed by atoms with E-state index >= 15 is 0 Å². The fraction of sp³-hybridized carbons (Fsp3) is 0.735. The van der Waals surface area contributed by atoms with E-state index in [1.807, 2.05) is 30.3 Å². The van der Waals surface area contributed by atoms with Crippen molar-refractivity contribution in [3.05, 3.63) is 47.5 Å². The van der Waals surface area contributed by atoms with Crippen molar-refractivity contribution in [2.24, 2.45) is 46.3 Å². The van der Waals surface area contributed by atoms with Crippen molar-refractivity contribution in [2.45, 2.75) is 104 Å². The van der Waals surface area contributed by atoms with Crippen LogP contribution >= 0.6 is 15.9 Å². The maximum Gasteiger partial charge on any atom is 0.338 e. The maximum absolute atomic E-state index is 12.7. The molecule has 0 saturated heterocycles. The molecule has 37 heavy (non-hydrogen) atoms. The number of hydrogen-bond acceptors (Lipinski definition) is 2. The molecule has 4 aliphatic rings. The minimum absolute atomic E-state index is 0.0291. The molecule has 204 valence electrons. The summed E-state index contributed by atoms with van der Waals surface area (Å²) in [4.78, 5) is 12.7. The molecule has 2 nitrogen and oxygen atoms in total. The highest BCUT2D eigenvalue weighted by molar-refractivity contribution is 9.09. The molecular weight excluding hydrogens is 520 g/mol. The first kappa shape index (κ1) is 27.5. The van der Waals surface area contributed by atoms with E-state index in [9.17, 15) is 4.79 Å². The predicted octanol–water partition coefficient (Wildman–Crippen LogP) is 9.63. The van der Waals surface area contributed by atoms with Crippen molar-refractivity contribution in [3.63, 3.8) is 0 Å². The number of carbonyl (C=O) groups excluding carboxylic acids is 1. The zero-order valence-corrected chi connectivity index (χ0v) is 25.3. The number of alkyl halides is 1. The van der Waals surface area contributed by atoms with E-state index in [1.165, 1.54) is 57.8 Å². The van der Waals surface area contributed by atoms with Gasteiger partial charge in [0.25, 0.3) is 0 Å². The SMILES string of the molecule is CC(CBr)CCCC(C)[C@H]1CC[C@H]2[C@@H]3CC=C4C[C@@H](OC(=O)c5ccccc5)CC[C@]4(C)[C@H]3CC[C@]12C. The lowest BCUT2D eigenvalue weighted by Gasteiger charge is -2.58. The summed E-state index contributed by atoms with van der Waals surface area (Å²) in [6.45, 7) is 10.2. The second kappa shape index (κ2) is 11.2. The van der Waals surface area contributed by atoms with Gasteiger partial charge in [0.05, 0.1) is 5.56 Å². The van der Waals surface area contributed by atoms with Gasteiger partial charge in [0.2, 0.25) is 0 Å². The summed E-state index contributed by atoms with van der Waals surface area (Å²) in [5.74, 6) is 4.95. The number of fused-ring (bicyclic) bond motifs is 5. The van der Waals surface area contributed by atoms with E-state index in [4.69, 9.17) is 4.74 Å². The van der Waals surface area contributed by atoms with Gasteiger partial charge in [-0.1, -0.05) is 86.3 Å². The van der Waals surface area contributed by atoms with Crippen LogP contribution in [0.3, 0.4) is 0 Å². The molecule has 0 aromatic heterocycles. The lowest BCUT2D eigenvalue weighted by atomic mass is 9.47. The van der Waals surface area contributed by atoms with Gasteiger partial charge >= 0.3 is 5.97 Å². The summed E-state index contributed by atoms with van der Waals surface area (Å²) in [5.41, 5.74) is 3.10. The van der Waals surface area contributed by atoms with Gasteiger partial charge in [-0.25, -0.2) is 4.79 Å². The van der Waals surface area contributed by atoms with E-state index in [-0.39, 0.29) is 12.1 Å². The Hall–Kier alpha value is -1.09. The second-order valence-corrected chi connectivity index (χ2v) is 14.4. The summed E-state index contributed by atoms with van der Waals surface area (Å²) < 4.78 is 6.00. The predicted molar refractivity (Wildman–Crippen MR) is 157 cm³/mol. The molecule has 0 aliphatic heterocycles. The first-order chi connectivity index (χ1) is 17.8. The Balaban J connectivity index is 1.24. The molecular formula is C34H49BrO2. The van der Waals surface area contributed by atoms with Gasteiger partial charge in [-0.05, 0) is 110 Å². The van der Waals surface area contributed by atoms with E-state index in [0.717, 1.165) is 53.7 Å². The Morgan fingerprint density at radius 2 is 1.81 bits per heavy atom. The minimum atomic E-state index is -0.162. The van der Waals surface area contributed by atoms with E-state index in [0.29, 0.717) is 16.4 Å². The molecule has 3 fully saturated rings. The average molecular weight is 570 g/mol. The zero-order valence-electron chi connectivity index (χ0n) is 23.7. The van der Waals surface area contributed by atoms with Crippen LogP contribution in [0, 0.1) is 46.3 Å². The molecule has 1 aromatic carbocycles. The van der Waals surface area contributed by atoms with E-state index < -0.39 is 0 Å². The first-order valence-corrected chi connectivity index (χ1v) is 16.4. The molecule has 0 spiro atoms. The molecule has 1 aromatic rings. The van der Waals surface area contributed by atoms with Gasteiger partial charge in [0.1, 0.15) is 6.10 Å². The number of hydrogen-bond donors (Lipinski definition) is 0. The van der Waals surface area contributed by atoms with Crippen molar-refractivity contribution in [1.29, 1.82) is 0 Å². The van der Waals surface area contributed by atoms with Crippen LogP contribution in [0.5, 0.6) is 0 Å². The lowest BCUT2D eigenvalue weighted by molar-refractivity contribution is -0.0594. The number of benzene rings is 1. The largest absolute Gasteiger partial charge is 0.458 e. The summed E-state index contributed by atoms with van der Waals surface area (Å²) in [7, 11) is 0. The van der Waals surface area contributed by atoms with E-state index in [2.05, 4.69) is 49.7 Å². The Labute approximate surface area is 234 Å². The van der Waals surface area contributed by atoms with Crippen molar-refractivity contribution >= 4 is 21.9 Å². The number of carbonyl (C=O) groups is 1. The van der Waals surface area contributed by atoms with Gasteiger partial charge in [-0.3, -0.25) is 0 Å². The van der Waals surface area contributed by atoms with Crippen LogP contribution in [0.2, 0.25) is 0 Å². The van der Waals surface area contributed by atoms with Crippen LogP contribution < -0.4 is 0 Å². The Morgan fingerprint density at radius 1 is 1.03 bits per heavy atom. The van der Waals surface area contributed by atoms with Crippen molar-refractivity contribution in [3.8, 4) is 0 Å². The normalized spacial score (nSPS) is 38.5. The highest BCUT2D eigenvalue weighted by Gasteiger charge is 2.59. The maximum atomic E-state index is 12.7. The molecule has 0 amide bonds. The van der Waals surface area contributed by atoms with Crippen LogP contribution in [-0.4, -0.2) is 17.4 Å². The van der Waals surface area contributed by atoms with Crippen LogP contribution in [0.1, 0.15) is 109 Å². The molecule has 0 bridgehead atoms. The standard InChI is InChI=1S/C34H49BrO2/c1-23(22-35)9-8-10-24(2)29-15-16-30-28-14-13-26-21-27(37-32(36)25-11-6-5-7-12-25)17-19-33(26,3)31(28)18-20-34(29,30)4/h5-7,11-13,23-24,27-31H,8-10,14-22H2,1-4H3/t23?,24?,27-,28-,29+,30-,31-,33-,34+/m0/s1. The molecule has 2 unspecified atom stereocenters. The molecule has 3 heteroatoms. The zero-order chi connectivity index (χ0) is 26.2. The number of rotatable bonds is 8. The Kier molecular flexibility index (Phi) is 8.31. The van der Waals surface area contributed by atoms with Gasteiger partial charge < -0.3 is 4.74 Å². The molecule has 9 atom stereocenters. The molecule has 5 rings (SSSR count). The summed E-state index contributed by atoms with van der Waals surface area (Å²) in [6, 6.07) is 9.49. The highest BCUT2D eigenvalue weighted by atomic mass is 79.9. The fourth-order valence-electron chi connectivity index (χ4n) is 9.56. The van der Waals surface area contributed by atoms with Gasteiger partial charge in [0.15, 0.2) is 0 Å². The third kappa shape index (κ3) is 5.24. The Bertz CT molecular complexity index is 971. The van der Waals surface area contributed by atoms with Crippen LogP contribution in [0.4, 0.5) is 0 Å². The van der Waals surface area contributed by atoms with Crippen LogP contribution in [-0.2, 0) is 4.74 Å². The van der Waals surface area contributed by atoms with Crippen molar-refractivity contribution < 1.29 is 9.53 Å². The third-order valence-corrected chi connectivity index (χ3v) is 12.8. The van der Waals surface area contributed by atoms with E-state index in [1.54, 1.807) is 5.57 Å². The quantitative estimate of drug-likeness (QED) is 0.177. The molecule has 3 saturated carbocycles. The molecule has 0 radical (unpaired) electrons.